The van der Waals surface area contributed by atoms with E-state index in [-0.39, 0.29) is 5.69 Å². The molecule has 0 saturated carbocycles. The van der Waals surface area contributed by atoms with Crippen molar-refractivity contribution in [3.05, 3.63) is 30.1 Å². The van der Waals surface area contributed by atoms with Gasteiger partial charge in [-0.25, -0.2) is 4.39 Å². The monoisotopic (exact) mass is 136 g/mol. The predicted octanol–water partition coefficient (Wildman–Crippen LogP) is 1.72. The van der Waals surface area contributed by atoms with Crippen LogP contribution in [0.15, 0.2) is 24.3 Å². The fraction of sp³-hybridized carbons (Fsp3) is 0. The number of nitrogens with zero attached hydrogens (tertiary/aromatic N) is 1. The molecule has 0 spiro atoms. The van der Waals surface area contributed by atoms with E-state index >= 15 is 0 Å². The minimum absolute atomic E-state index is 0.213. The Bertz CT molecular complexity index is 265. The molecule has 0 heterocycles. The standard InChI is InChI=1S/C7H5FN2/c8-6-3-1-2-4-7(6)10-5-9/h1-4,10H. The highest BCUT2D eigenvalue weighted by Crippen LogP contribution is 2.10. The average Bonchev–Trinajstić information content (AvgIpc) is 1.94. The van der Waals surface area contributed by atoms with Crippen LogP contribution in [-0.2, 0) is 0 Å². The summed E-state index contributed by atoms with van der Waals surface area (Å²) in [5.41, 5.74) is 0.213. The molecular formula is C7H5FN2. The number of benzene rings is 1. The van der Waals surface area contributed by atoms with Gasteiger partial charge in [-0.3, -0.25) is 5.32 Å². The maximum atomic E-state index is 12.6. The summed E-state index contributed by atoms with van der Waals surface area (Å²) >= 11 is 0. The third kappa shape index (κ3) is 1.23. The van der Waals surface area contributed by atoms with E-state index in [0.29, 0.717) is 0 Å². The van der Waals surface area contributed by atoms with Gasteiger partial charge in [0, 0.05) is 0 Å². The Hall–Kier alpha value is -1.56. The first-order chi connectivity index (χ1) is 4.84. The Morgan fingerprint density at radius 2 is 2.10 bits per heavy atom. The van der Waals surface area contributed by atoms with Crippen LogP contribution < -0.4 is 5.32 Å². The minimum atomic E-state index is -0.413. The van der Waals surface area contributed by atoms with Gasteiger partial charge in [0.05, 0.1) is 5.69 Å². The molecule has 3 heteroatoms. The molecule has 50 valence electrons. The molecule has 0 atom stereocenters. The molecule has 0 fully saturated rings. The van der Waals surface area contributed by atoms with E-state index in [4.69, 9.17) is 5.26 Å². The topological polar surface area (TPSA) is 35.8 Å². The maximum Gasteiger partial charge on any atom is 0.181 e. The van der Waals surface area contributed by atoms with E-state index in [9.17, 15) is 4.39 Å². The number of hydrogen-bond donors (Lipinski definition) is 1. The van der Waals surface area contributed by atoms with Gasteiger partial charge in [-0.05, 0) is 12.1 Å². The molecular weight excluding hydrogens is 131 g/mol. The van der Waals surface area contributed by atoms with Crippen LogP contribution in [0.2, 0.25) is 0 Å². The zero-order chi connectivity index (χ0) is 7.40. The van der Waals surface area contributed by atoms with Gasteiger partial charge in [-0.2, -0.15) is 5.26 Å². The van der Waals surface area contributed by atoms with Gasteiger partial charge in [0.15, 0.2) is 6.19 Å². The van der Waals surface area contributed by atoms with Crippen LogP contribution in [-0.4, -0.2) is 0 Å². The zero-order valence-electron chi connectivity index (χ0n) is 5.13. The van der Waals surface area contributed by atoms with Crippen LogP contribution >= 0.6 is 0 Å². The molecule has 0 aliphatic rings. The third-order valence-corrected chi connectivity index (χ3v) is 1.06. The van der Waals surface area contributed by atoms with Crippen molar-refractivity contribution < 1.29 is 4.39 Å². The molecule has 0 bridgehead atoms. The Labute approximate surface area is 57.9 Å². The van der Waals surface area contributed by atoms with Gasteiger partial charge in [0.1, 0.15) is 5.82 Å². The summed E-state index contributed by atoms with van der Waals surface area (Å²) in [6, 6.07) is 6.01. The summed E-state index contributed by atoms with van der Waals surface area (Å²) in [6.45, 7) is 0. The average molecular weight is 136 g/mol. The Balaban J connectivity index is 2.94. The predicted molar refractivity (Wildman–Crippen MR) is 35.6 cm³/mol. The number of para-hydroxylation sites is 1. The van der Waals surface area contributed by atoms with Crippen molar-refractivity contribution in [2.45, 2.75) is 0 Å². The molecule has 0 radical (unpaired) electrons. The largest absolute Gasteiger partial charge is 0.290 e. The number of anilines is 1. The quantitative estimate of drug-likeness (QED) is 0.471. The highest BCUT2D eigenvalue weighted by Gasteiger charge is 1.95. The van der Waals surface area contributed by atoms with Gasteiger partial charge >= 0.3 is 0 Å². The van der Waals surface area contributed by atoms with Crippen LogP contribution in [0, 0.1) is 17.3 Å². The summed E-state index contributed by atoms with van der Waals surface area (Å²) < 4.78 is 12.6. The van der Waals surface area contributed by atoms with Crippen molar-refractivity contribution in [1.29, 1.82) is 5.26 Å². The normalized spacial score (nSPS) is 8.40. The van der Waals surface area contributed by atoms with Crippen molar-refractivity contribution in [2.24, 2.45) is 0 Å². The summed E-state index contributed by atoms with van der Waals surface area (Å²) in [6.07, 6.45) is 1.63. The minimum Gasteiger partial charge on any atom is -0.290 e. The molecule has 0 saturated heterocycles. The molecule has 1 N–H and O–H groups in total. The van der Waals surface area contributed by atoms with E-state index in [0.717, 1.165) is 0 Å². The lowest BCUT2D eigenvalue weighted by molar-refractivity contribution is 0.632. The van der Waals surface area contributed by atoms with Gasteiger partial charge in [0.25, 0.3) is 0 Å². The number of halogens is 1. The second-order valence-corrected chi connectivity index (χ2v) is 1.72. The van der Waals surface area contributed by atoms with E-state index in [1.807, 2.05) is 0 Å². The number of nitrogens with one attached hydrogen (secondary N) is 1. The summed E-state index contributed by atoms with van der Waals surface area (Å²) in [7, 11) is 0. The molecule has 1 aromatic rings. The van der Waals surface area contributed by atoms with Crippen molar-refractivity contribution in [1.82, 2.24) is 0 Å². The molecule has 0 aliphatic heterocycles. The van der Waals surface area contributed by atoms with Crippen LogP contribution in [0.1, 0.15) is 0 Å². The lowest BCUT2D eigenvalue weighted by Crippen LogP contribution is -1.89. The SMILES string of the molecule is N#CNc1ccccc1F. The van der Waals surface area contributed by atoms with Crippen LogP contribution in [0.5, 0.6) is 0 Å². The number of nitriles is 1. The first-order valence-corrected chi connectivity index (χ1v) is 2.74. The molecule has 2 nitrogen and oxygen atoms in total. The molecule has 10 heavy (non-hydrogen) atoms. The summed E-state index contributed by atoms with van der Waals surface area (Å²) in [5.74, 6) is -0.413. The van der Waals surface area contributed by atoms with E-state index < -0.39 is 5.82 Å². The van der Waals surface area contributed by atoms with Crippen molar-refractivity contribution in [2.75, 3.05) is 5.32 Å². The summed E-state index contributed by atoms with van der Waals surface area (Å²) in [4.78, 5) is 0. The fourth-order valence-electron chi connectivity index (χ4n) is 0.623. The highest BCUT2D eigenvalue weighted by atomic mass is 19.1. The smallest absolute Gasteiger partial charge is 0.181 e. The maximum absolute atomic E-state index is 12.6. The Kier molecular flexibility index (Phi) is 1.86. The summed E-state index contributed by atoms with van der Waals surface area (Å²) in [5, 5.41) is 10.3. The Morgan fingerprint density at radius 3 is 2.70 bits per heavy atom. The van der Waals surface area contributed by atoms with E-state index in [2.05, 4.69) is 5.32 Å². The molecule has 0 amide bonds. The van der Waals surface area contributed by atoms with Crippen molar-refractivity contribution >= 4 is 5.69 Å². The highest BCUT2D eigenvalue weighted by molar-refractivity contribution is 5.47. The second-order valence-electron chi connectivity index (χ2n) is 1.72. The molecule has 0 aliphatic carbocycles. The molecule has 0 aromatic heterocycles. The lowest BCUT2D eigenvalue weighted by atomic mass is 10.3. The van der Waals surface area contributed by atoms with E-state index in [1.54, 1.807) is 18.3 Å². The van der Waals surface area contributed by atoms with Gasteiger partial charge in [-0.15, -0.1) is 0 Å². The second kappa shape index (κ2) is 2.83. The molecule has 1 rings (SSSR count). The van der Waals surface area contributed by atoms with Crippen molar-refractivity contribution in [3.63, 3.8) is 0 Å². The lowest BCUT2D eigenvalue weighted by Gasteiger charge is -1.95. The third-order valence-electron chi connectivity index (χ3n) is 1.06. The number of rotatable bonds is 1. The zero-order valence-corrected chi connectivity index (χ0v) is 5.13. The van der Waals surface area contributed by atoms with E-state index in [1.165, 1.54) is 12.1 Å². The first-order valence-electron chi connectivity index (χ1n) is 2.74. The fourth-order valence-corrected chi connectivity index (χ4v) is 0.623. The first kappa shape index (κ1) is 6.56. The molecule has 1 aromatic carbocycles. The van der Waals surface area contributed by atoms with Crippen LogP contribution in [0.3, 0.4) is 0 Å². The van der Waals surface area contributed by atoms with Gasteiger partial charge in [-0.1, -0.05) is 12.1 Å². The Morgan fingerprint density at radius 1 is 1.40 bits per heavy atom. The van der Waals surface area contributed by atoms with Crippen LogP contribution in [0.4, 0.5) is 10.1 Å². The number of hydrogen-bond acceptors (Lipinski definition) is 2. The molecule has 0 unspecified atom stereocenters. The van der Waals surface area contributed by atoms with Crippen molar-refractivity contribution in [3.8, 4) is 6.19 Å². The van der Waals surface area contributed by atoms with Crippen LogP contribution in [0.25, 0.3) is 0 Å². The van der Waals surface area contributed by atoms with Gasteiger partial charge < -0.3 is 0 Å². The van der Waals surface area contributed by atoms with Gasteiger partial charge in [0.2, 0.25) is 0 Å².